The van der Waals surface area contributed by atoms with E-state index in [1.807, 2.05) is 0 Å². The van der Waals surface area contributed by atoms with Crippen molar-refractivity contribution in [1.29, 1.82) is 0 Å². The summed E-state index contributed by atoms with van der Waals surface area (Å²) in [5.41, 5.74) is -0.253. The number of fused-ring (bicyclic) bond motifs is 2. The van der Waals surface area contributed by atoms with Gasteiger partial charge < -0.3 is 14.0 Å². The van der Waals surface area contributed by atoms with Crippen LogP contribution in [0.1, 0.15) is 75.7 Å². The van der Waals surface area contributed by atoms with Crippen molar-refractivity contribution in [3.8, 4) is 0 Å². The van der Waals surface area contributed by atoms with E-state index in [0.717, 1.165) is 6.42 Å². The Morgan fingerprint density at radius 3 is 1.80 bits per heavy atom. The first-order valence-corrected chi connectivity index (χ1v) is 9.52. The molecule has 0 aromatic rings. The number of hydrogen-bond donors (Lipinski definition) is 0. The van der Waals surface area contributed by atoms with E-state index in [9.17, 15) is 0 Å². The van der Waals surface area contributed by atoms with Gasteiger partial charge in [-0.15, -0.1) is 0 Å². The predicted molar refractivity (Wildman–Crippen MR) is 103 cm³/mol. The van der Waals surface area contributed by atoms with Gasteiger partial charge in [0.15, 0.2) is 0 Å². The SMILES string of the molecule is CC(C)(C)C12C=CC(C(C)(C)C)(CC(B3OC(C)(C)C(C)(C)O3)=C1)O2. The topological polar surface area (TPSA) is 27.7 Å². The lowest BCUT2D eigenvalue weighted by Gasteiger charge is -2.51. The van der Waals surface area contributed by atoms with E-state index in [1.54, 1.807) is 0 Å². The Kier molecular flexibility index (Phi) is 3.86. The van der Waals surface area contributed by atoms with E-state index >= 15 is 0 Å². The Morgan fingerprint density at radius 1 is 0.840 bits per heavy atom. The maximum absolute atomic E-state index is 6.80. The molecule has 1 saturated heterocycles. The van der Waals surface area contributed by atoms with Crippen LogP contribution in [0.5, 0.6) is 0 Å². The van der Waals surface area contributed by atoms with Crippen LogP contribution in [0.4, 0.5) is 0 Å². The van der Waals surface area contributed by atoms with Crippen LogP contribution in [0.3, 0.4) is 0 Å². The van der Waals surface area contributed by atoms with Gasteiger partial charge in [0.05, 0.1) is 16.8 Å². The smallest absolute Gasteiger partial charge is 0.400 e. The van der Waals surface area contributed by atoms with Crippen molar-refractivity contribution in [2.24, 2.45) is 10.8 Å². The summed E-state index contributed by atoms with van der Waals surface area (Å²) < 4.78 is 19.5. The third-order valence-electron chi connectivity index (χ3n) is 6.82. The van der Waals surface area contributed by atoms with E-state index in [-0.39, 0.29) is 34.8 Å². The van der Waals surface area contributed by atoms with Crippen LogP contribution in [-0.2, 0) is 14.0 Å². The number of rotatable bonds is 1. The summed E-state index contributed by atoms with van der Waals surface area (Å²) >= 11 is 0. The largest absolute Gasteiger partial charge is 0.490 e. The van der Waals surface area contributed by atoms with Gasteiger partial charge in [0.1, 0.15) is 5.60 Å². The van der Waals surface area contributed by atoms with Crippen LogP contribution in [0.2, 0.25) is 0 Å². The van der Waals surface area contributed by atoms with Crippen molar-refractivity contribution < 1.29 is 14.0 Å². The number of hydrogen-bond acceptors (Lipinski definition) is 3. The molecule has 0 aliphatic carbocycles. The van der Waals surface area contributed by atoms with Gasteiger partial charge in [-0.1, -0.05) is 53.7 Å². The maximum atomic E-state index is 6.80. The fourth-order valence-corrected chi connectivity index (χ4v) is 3.86. The van der Waals surface area contributed by atoms with Crippen LogP contribution in [0.15, 0.2) is 23.7 Å². The first kappa shape index (κ1) is 19.2. The summed E-state index contributed by atoms with van der Waals surface area (Å²) in [7, 11) is -0.308. The molecular weight excluding hydrogens is 311 g/mol. The molecule has 3 aliphatic heterocycles. The van der Waals surface area contributed by atoms with E-state index in [0.29, 0.717) is 0 Å². The zero-order chi connectivity index (χ0) is 19.1. The van der Waals surface area contributed by atoms with Gasteiger partial charge in [-0.3, -0.25) is 0 Å². The molecule has 25 heavy (non-hydrogen) atoms. The van der Waals surface area contributed by atoms with E-state index in [4.69, 9.17) is 14.0 Å². The Balaban J connectivity index is 2.05. The van der Waals surface area contributed by atoms with Crippen molar-refractivity contribution in [3.05, 3.63) is 23.7 Å². The van der Waals surface area contributed by atoms with Gasteiger partial charge in [0, 0.05) is 0 Å². The summed E-state index contributed by atoms with van der Waals surface area (Å²) in [6.45, 7) is 21.9. The summed E-state index contributed by atoms with van der Waals surface area (Å²) in [5, 5.41) is 0. The molecule has 0 aromatic carbocycles. The minimum Gasteiger partial charge on any atom is -0.400 e. The molecule has 2 atom stereocenters. The molecule has 2 unspecified atom stereocenters. The maximum Gasteiger partial charge on any atom is 0.490 e. The highest BCUT2D eigenvalue weighted by Gasteiger charge is 2.61. The summed E-state index contributed by atoms with van der Waals surface area (Å²) in [5.74, 6) is 0. The third kappa shape index (κ3) is 2.67. The highest BCUT2D eigenvalue weighted by molar-refractivity contribution is 6.54. The Labute approximate surface area is 154 Å². The molecule has 3 nitrogen and oxygen atoms in total. The van der Waals surface area contributed by atoms with Crippen molar-refractivity contribution >= 4 is 7.12 Å². The average Bonchev–Trinajstić information content (AvgIpc) is 2.81. The van der Waals surface area contributed by atoms with Crippen LogP contribution < -0.4 is 0 Å². The molecule has 0 spiro atoms. The monoisotopic (exact) mass is 346 g/mol. The first-order valence-electron chi connectivity index (χ1n) is 9.52. The molecular formula is C21H35BO3. The Bertz CT molecular complexity index is 617. The molecule has 0 amide bonds. The van der Waals surface area contributed by atoms with Crippen LogP contribution in [0.25, 0.3) is 0 Å². The third-order valence-corrected chi connectivity index (χ3v) is 6.82. The molecule has 0 N–H and O–H groups in total. The average molecular weight is 346 g/mol. The minimum atomic E-state index is -0.419. The molecule has 0 radical (unpaired) electrons. The normalized spacial score (nSPS) is 36.7. The quantitative estimate of drug-likeness (QED) is 0.488. The lowest BCUT2D eigenvalue weighted by Crippen LogP contribution is -2.54. The fraction of sp³-hybridized carbons (Fsp3) is 0.810. The van der Waals surface area contributed by atoms with Crippen molar-refractivity contribution in [1.82, 2.24) is 0 Å². The summed E-state index contributed by atoms with van der Waals surface area (Å²) in [6.07, 6.45) is 7.62. The standard InChI is InChI=1S/C21H35BO3/c1-16(2,3)20-11-12-21(23-20,17(4,5)6)14-15(13-20)22-24-18(7,8)19(9,10)25-22/h11-13H,14H2,1-10H3. The summed E-state index contributed by atoms with van der Waals surface area (Å²) in [4.78, 5) is 0. The van der Waals surface area contributed by atoms with Gasteiger partial charge in [-0.25, -0.2) is 0 Å². The van der Waals surface area contributed by atoms with Gasteiger partial charge in [-0.05, 0) is 56.5 Å². The van der Waals surface area contributed by atoms with Crippen LogP contribution in [0, 0.1) is 10.8 Å². The second-order valence-corrected chi connectivity index (χ2v) is 11.1. The van der Waals surface area contributed by atoms with Gasteiger partial charge in [-0.2, -0.15) is 0 Å². The van der Waals surface area contributed by atoms with Crippen LogP contribution >= 0.6 is 0 Å². The minimum absolute atomic E-state index is 0.0142. The van der Waals surface area contributed by atoms with Crippen LogP contribution in [-0.4, -0.2) is 29.5 Å². The fourth-order valence-electron chi connectivity index (χ4n) is 3.86. The zero-order valence-corrected chi connectivity index (χ0v) is 17.7. The Morgan fingerprint density at radius 2 is 1.36 bits per heavy atom. The molecule has 4 heteroatoms. The summed E-state index contributed by atoms with van der Waals surface area (Å²) in [6, 6.07) is 0. The lowest BCUT2D eigenvalue weighted by molar-refractivity contribution is -0.161. The molecule has 140 valence electrons. The van der Waals surface area contributed by atoms with Crippen molar-refractivity contribution in [2.45, 2.75) is 98.1 Å². The van der Waals surface area contributed by atoms with E-state index < -0.39 is 5.60 Å². The van der Waals surface area contributed by atoms with Gasteiger partial charge in [0.2, 0.25) is 0 Å². The number of ether oxygens (including phenoxy) is 1. The molecule has 3 rings (SSSR count). The van der Waals surface area contributed by atoms with Crippen molar-refractivity contribution in [3.63, 3.8) is 0 Å². The lowest BCUT2D eigenvalue weighted by atomic mass is 9.63. The molecule has 0 aromatic heterocycles. The molecule has 0 saturated carbocycles. The molecule has 3 aliphatic rings. The van der Waals surface area contributed by atoms with Crippen molar-refractivity contribution in [2.75, 3.05) is 0 Å². The highest BCUT2D eigenvalue weighted by atomic mass is 16.7. The second-order valence-electron chi connectivity index (χ2n) is 11.1. The molecule has 2 bridgehead atoms. The Hall–Kier alpha value is -0.575. The molecule has 1 fully saturated rings. The molecule has 3 heterocycles. The van der Waals surface area contributed by atoms with Gasteiger partial charge >= 0.3 is 7.12 Å². The first-order chi connectivity index (χ1) is 11.0. The van der Waals surface area contributed by atoms with E-state index in [2.05, 4.69) is 87.5 Å². The zero-order valence-electron chi connectivity index (χ0n) is 17.7. The van der Waals surface area contributed by atoms with Gasteiger partial charge in [0.25, 0.3) is 0 Å². The highest BCUT2D eigenvalue weighted by Crippen LogP contribution is 2.57. The predicted octanol–water partition coefficient (Wildman–Crippen LogP) is 5.10. The second kappa shape index (κ2) is 5.02. The van der Waals surface area contributed by atoms with E-state index in [1.165, 1.54) is 5.47 Å².